The topological polar surface area (TPSA) is 126 Å². The van der Waals surface area contributed by atoms with Crippen molar-refractivity contribution in [3.05, 3.63) is 100 Å². The van der Waals surface area contributed by atoms with Gasteiger partial charge in [0, 0.05) is 0 Å². The molecular formula is C26H20N4O5. The maximum absolute atomic E-state index is 13.5. The zero-order chi connectivity index (χ0) is 24.5. The van der Waals surface area contributed by atoms with Gasteiger partial charge < -0.3 is 15.5 Å². The Labute approximate surface area is 198 Å². The maximum atomic E-state index is 13.5. The fourth-order valence-electron chi connectivity index (χ4n) is 4.04. The predicted octanol–water partition coefficient (Wildman–Crippen LogP) is 2.88. The van der Waals surface area contributed by atoms with E-state index < -0.39 is 35.3 Å². The summed E-state index contributed by atoms with van der Waals surface area (Å²) in [7, 11) is 0. The number of hydrogen-bond acceptors (Lipinski definition) is 5. The van der Waals surface area contributed by atoms with Crippen LogP contribution in [0.1, 0.15) is 15.9 Å². The molecule has 3 N–H and O–H groups in total. The lowest BCUT2D eigenvalue weighted by Gasteiger charge is -2.14. The standard InChI is InChI=1S/C26H20N4O5/c31-21(32)14-27-25(34)22-23(33)24-28-19-8-4-5-9-20(19)30(24)29(26(22)35)15-16-10-12-18(13-11-16)17-6-2-1-3-7-17/h1-13,33H,14-15H2,(H,27,34)(H,31,32). The van der Waals surface area contributed by atoms with Crippen LogP contribution in [0.4, 0.5) is 0 Å². The van der Waals surface area contributed by atoms with Gasteiger partial charge in [-0.1, -0.05) is 66.7 Å². The lowest BCUT2D eigenvalue weighted by atomic mass is 10.0. The van der Waals surface area contributed by atoms with Crippen molar-refractivity contribution < 1.29 is 19.8 Å². The SMILES string of the molecule is O=C(O)CNC(=O)c1c(O)c2nc3ccccc3n2n(Cc2ccc(-c3ccccc3)cc2)c1=O. The third-order valence-corrected chi connectivity index (χ3v) is 5.70. The van der Waals surface area contributed by atoms with E-state index in [0.29, 0.717) is 11.0 Å². The Morgan fingerprint density at radius 3 is 2.26 bits per heavy atom. The van der Waals surface area contributed by atoms with E-state index in [-0.39, 0.29) is 12.2 Å². The molecule has 9 heteroatoms. The molecule has 0 aliphatic carbocycles. The smallest absolute Gasteiger partial charge is 0.322 e. The van der Waals surface area contributed by atoms with Gasteiger partial charge in [0.2, 0.25) is 0 Å². The summed E-state index contributed by atoms with van der Waals surface area (Å²) in [6.07, 6.45) is 0. The molecule has 0 aliphatic rings. The van der Waals surface area contributed by atoms with Crippen molar-refractivity contribution >= 4 is 28.6 Å². The summed E-state index contributed by atoms with van der Waals surface area (Å²) in [5.74, 6) is -2.87. The number of imidazole rings is 1. The molecule has 0 unspecified atom stereocenters. The van der Waals surface area contributed by atoms with Crippen molar-refractivity contribution in [3.8, 4) is 16.9 Å². The van der Waals surface area contributed by atoms with E-state index in [1.54, 1.807) is 24.3 Å². The van der Waals surface area contributed by atoms with E-state index in [9.17, 15) is 19.5 Å². The number of hydrogen-bond donors (Lipinski definition) is 3. The molecule has 5 aromatic rings. The summed E-state index contributed by atoms with van der Waals surface area (Å²) in [6, 6.07) is 24.6. The van der Waals surface area contributed by atoms with Gasteiger partial charge in [0.15, 0.2) is 17.0 Å². The summed E-state index contributed by atoms with van der Waals surface area (Å²) < 4.78 is 2.80. The first-order valence-corrected chi connectivity index (χ1v) is 10.8. The van der Waals surface area contributed by atoms with Gasteiger partial charge in [-0.15, -0.1) is 0 Å². The Bertz CT molecular complexity index is 1640. The van der Waals surface area contributed by atoms with Crippen molar-refractivity contribution in [2.75, 3.05) is 6.54 Å². The molecular weight excluding hydrogens is 448 g/mol. The zero-order valence-electron chi connectivity index (χ0n) is 18.4. The fraction of sp³-hybridized carbons (Fsp3) is 0.0769. The summed E-state index contributed by atoms with van der Waals surface area (Å²) in [5.41, 5.74) is 2.65. The molecule has 35 heavy (non-hydrogen) atoms. The Morgan fingerprint density at radius 2 is 1.54 bits per heavy atom. The highest BCUT2D eigenvalue weighted by Crippen LogP contribution is 2.26. The number of rotatable bonds is 6. The average molecular weight is 468 g/mol. The van der Waals surface area contributed by atoms with Crippen molar-refractivity contribution in [1.82, 2.24) is 19.5 Å². The zero-order valence-corrected chi connectivity index (χ0v) is 18.4. The van der Waals surface area contributed by atoms with Crippen LogP contribution in [0.2, 0.25) is 0 Å². The van der Waals surface area contributed by atoms with Crippen molar-refractivity contribution in [3.63, 3.8) is 0 Å². The number of aliphatic carboxylic acids is 1. The largest absolute Gasteiger partial charge is 0.504 e. The third kappa shape index (κ3) is 3.99. The Hall–Kier alpha value is -4.92. The van der Waals surface area contributed by atoms with Gasteiger partial charge in [0.05, 0.1) is 17.6 Å². The molecule has 3 aromatic carbocycles. The van der Waals surface area contributed by atoms with E-state index in [4.69, 9.17) is 5.11 Å². The van der Waals surface area contributed by atoms with Crippen molar-refractivity contribution in [2.45, 2.75) is 6.54 Å². The second-order valence-corrected chi connectivity index (χ2v) is 7.96. The highest BCUT2D eigenvalue weighted by molar-refractivity contribution is 6.00. The molecule has 0 atom stereocenters. The molecule has 0 saturated carbocycles. The van der Waals surface area contributed by atoms with Gasteiger partial charge in [-0.25, -0.2) is 14.2 Å². The lowest BCUT2D eigenvalue weighted by Crippen LogP contribution is -2.37. The van der Waals surface area contributed by atoms with Gasteiger partial charge in [-0.2, -0.15) is 0 Å². The van der Waals surface area contributed by atoms with Crippen LogP contribution in [-0.2, 0) is 11.3 Å². The number of nitrogens with one attached hydrogen (secondary N) is 1. The number of aromatic nitrogens is 3. The van der Waals surface area contributed by atoms with Gasteiger partial charge in [0.1, 0.15) is 6.54 Å². The Kier molecular flexibility index (Phi) is 5.50. The number of fused-ring (bicyclic) bond motifs is 3. The monoisotopic (exact) mass is 468 g/mol. The second-order valence-electron chi connectivity index (χ2n) is 7.96. The van der Waals surface area contributed by atoms with E-state index in [1.807, 2.05) is 54.6 Å². The van der Waals surface area contributed by atoms with Crippen LogP contribution in [0, 0.1) is 0 Å². The van der Waals surface area contributed by atoms with Crippen LogP contribution in [0.5, 0.6) is 5.75 Å². The minimum absolute atomic E-state index is 0.0205. The molecule has 0 fully saturated rings. The molecule has 5 rings (SSSR count). The molecule has 174 valence electrons. The lowest BCUT2D eigenvalue weighted by molar-refractivity contribution is -0.135. The first-order valence-electron chi connectivity index (χ1n) is 10.8. The number of carbonyl (C=O) groups is 2. The number of para-hydroxylation sites is 2. The molecule has 0 spiro atoms. The second kappa shape index (κ2) is 8.79. The highest BCUT2D eigenvalue weighted by atomic mass is 16.4. The van der Waals surface area contributed by atoms with E-state index in [0.717, 1.165) is 16.7 Å². The molecule has 1 amide bonds. The van der Waals surface area contributed by atoms with Crippen molar-refractivity contribution in [1.29, 1.82) is 0 Å². The van der Waals surface area contributed by atoms with Gasteiger partial charge in [-0.3, -0.25) is 14.4 Å². The highest BCUT2D eigenvalue weighted by Gasteiger charge is 2.25. The minimum Gasteiger partial charge on any atom is -0.504 e. The molecule has 0 radical (unpaired) electrons. The third-order valence-electron chi connectivity index (χ3n) is 5.70. The molecule has 2 heterocycles. The summed E-state index contributed by atoms with van der Waals surface area (Å²) >= 11 is 0. The number of carbonyl (C=O) groups excluding carboxylic acids is 1. The van der Waals surface area contributed by atoms with Crippen LogP contribution >= 0.6 is 0 Å². The number of nitrogens with zero attached hydrogens (tertiary/aromatic N) is 3. The first kappa shape index (κ1) is 21.9. The molecule has 0 bridgehead atoms. The fourth-order valence-corrected chi connectivity index (χ4v) is 4.04. The van der Waals surface area contributed by atoms with Crippen LogP contribution in [0.3, 0.4) is 0 Å². The summed E-state index contributed by atoms with van der Waals surface area (Å²) in [4.78, 5) is 41.4. The Balaban J connectivity index is 1.65. The number of carboxylic acids is 1. The molecule has 2 aromatic heterocycles. The van der Waals surface area contributed by atoms with Crippen LogP contribution < -0.4 is 10.9 Å². The van der Waals surface area contributed by atoms with E-state index in [2.05, 4.69) is 10.3 Å². The summed E-state index contributed by atoms with van der Waals surface area (Å²) in [6.45, 7) is -0.607. The predicted molar refractivity (Wildman–Crippen MR) is 130 cm³/mol. The number of aromatic hydroxyl groups is 1. The normalized spacial score (nSPS) is 11.1. The van der Waals surface area contributed by atoms with Gasteiger partial charge in [0.25, 0.3) is 11.5 Å². The Morgan fingerprint density at radius 1 is 0.886 bits per heavy atom. The maximum Gasteiger partial charge on any atom is 0.322 e. The van der Waals surface area contributed by atoms with Crippen LogP contribution in [0.15, 0.2) is 83.7 Å². The number of amides is 1. The number of carboxylic acid groups (broad SMARTS) is 1. The van der Waals surface area contributed by atoms with Crippen LogP contribution in [0.25, 0.3) is 27.8 Å². The molecule has 0 aliphatic heterocycles. The van der Waals surface area contributed by atoms with Gasteiger partial charge in [-0.05, 0) is 28.8 Å². The van der Waals surface area contributed by atoms with Gasteiger partial charge >= 0.3 is 5.97 Å². The van der Waals surface area contributed by atoms with Crippen molar-refractivity contribution in [2.24, 2.45) is 0 Å². The first-order chi connectivity index (χ1) is 16.9. The summed E-state index contributed by atoms with van der Waals surface area (Å²) in [5, 5.41) is 21.9. The van der Waals surface area contributed by atoms with E-state index in [1.165, 1.54) is 9.20 Å². The minimum atomic E-state index is -1.27. The molecule has 9 nitrogen and oxygen atoms in total. The van der Waals surface area contributed by atoms with E-state index >= 15 is 0 Å². The number of benzene rings is 3. The van der Waals surface area contributed by atoms with Crippen LogP contribution in [-0.4, -0.2) is 42.8 Å². The quantitative estimate of drug-likeness (QED) is 0.352. The molecule has 0 saturated heterocycles. The average Bonchev–Trinajstić information content (AvgIpc) is 3.26.